The molecule has 172 valence electrons. The van der Waals surface area contributed by atoms with Gasteiger partial charge in [-0.3, -0.25) is 0 Å². The zero-order valence-corrected chi connectivity index (χ0v) is 22.3. The highest BCUT2D eigenvalue weighted by Crippen LogP contribution is 2.18. The maximum absolute atomic E-state index is 10.9. The Labute approximate surface area is 213 Å². The standard InChI is InChI=1S/C7H7ClO2S.C7H8O3S.CHCl3.Cl2OS/c2*1-10-7(9)6-3-2-5(4-8)11-6;2-1(3)4;1-4(2)3/h2-3H,4H2,1H3;2-3,8H,4H2,1H3;1H;. The number of alkyl halides is 4. The number of hydrogen-bond acceptors (Lipinski definition) is 8. The van der Waals surface area contributed by atoms with Crippen molar-refractivity contribution < 1.29 is 28.4 Å². The van der Waals surface area contributed by atoms with Crippen molar-refractivity contribution >= 4 is 112 Å². The van der Waals surface area contributed by atoms with Gasteiger partial charge in [0.25, 0.3) is 0 Å². The van der Waals surface area contributed by atoms with Gasteiger partial charge in [-0.2, -0.15) is 0 Å². The van der Waals surface area contributed by atoms with Crippen LogP contribution in [0.4, 0.5) is 0 Å². The SMILES string of the molecule is COC(=O)c1ccc(CCl)s1.COC(=O)c1ccc(CO)s1.ClC(Cl)Cl.O=S(Cl)Cl. The van der Waals surface area contributed by atoms with E-state index in [1.807, 2.05) is 6.07 Å². The normalized spacial score (nSPS) is 9.43. The number of carbonyl (C=O) groups is 2. The molecule has 2 aromatic rings. The summed E-state index contributed by atoms with van der Waals surface area (Å²) in [6, 6.07) is 6.89. The third-order valence-corrected chi connectivity index (χ3v) is 4.95. The van der Waals surface area contributed by atoms with Gasteiger partial charge in [-0.25, -0.2) is 13.8 Å². The lowest BCUT2D eigenvalue weighted by atomic mass is 10.4. The molecule has 0 aliphatic heterocycles. The molecule has 0 aromatic carbocycles. The fourth-order valence-corrected chi connectivity index (χ4v) is 3.15. The Morgan fingerprint density at radius 1 is 0.967 bits per heavy atom. The maximum Gasteiger partial charge on any atom is 0.348 e. The van der Waals surface area contributed by atoms with Crippen LogP contribution >= 0.6 is 90.4 Å². The molecule has 0 spiro atoms. The van der Waals surface area contributed by atoms with Gasteiger partial charge in [-0.15, -0.1) is 34.3 Å². The molecule has 2 aromatic heterocycles. The Morgan fingerprint density at radius 2 is 1.30 bits per heavy atom. The molecule has 2 rings (SSSR count). The number of hydrogen-bond donors (Lipinski definition) is 1. The molecule has 0 fully saturated rings. The highest BCUT2D eigenvalue weighted by atomic mass is 36.0. The number of carbonyl (C=O) groups excluding carboxylic acids is 2. The second-order valence-electron chi connectivity index (χ2n) is 4.24. The number of halogens is 6. The molecule has 0 atom stereocenters. The Kier molecular flexibility index (Phi) is 21.4. The number of aliphatic hydroxyl groups is 1. The van der Waals surface area contributed by atoms with Crippen LogP contribution in [0.3, 0.4) is 0 Å². The summed E-state index contributed by atoms with van der Waals surface area (Å²) >= 11 is 22.6. The van der Waals surface area contributed by atoms with E-state index in [2.05, 4.69) is 30.8 Å². The Hall–Kier alpha value is 0.190. The van der Waals surface area contributed by atoms with E-state index in [0.29, 0.717) is 15.6 Å². The summed E-state index contributed by atoms with van der Waals surface area (Å²) in [6.07, 6.45) is 0. The minimum Gasteiger partial charge on any atom is -0.465 e. The third-order valence-electron chi connectivity index (χ3n) is 2.38. The first-order valence-corrected chi connectivity index (χ1v) is 13.5. The lowest BCUT2D eigenvalue weighted by Crippen LogP contribution is -1.96. The predicted octanol–water partition coefficient (Wildman–Crippen LogP) is 6.33. The van der Waals surface area contributed by atoms with E-state index < -0.39 is 13.5 Å². The van der Waals surface area contributed by atoms with Crippen LogP contribution in [0.15, 0.2) is 24.3 Å². The first-order chi connectivity index (χ1) is 14.0. The molecule has 0 unspecified atom stereocenters. The van der Waals surface area contributed by atoms with Gasteiger partial charge in [0.05, 0.1) is 26.7 Å². The van der Waals surface area contributed by atoms with Gasteiger partial charge < -0.3 is 14.6 Å². The van der Waals surface area contributed by atoms with Crippen LogP contribution in [0.5, 0.6) is 0 Å². The quantitative estimate of drug-likeness (QED) is 0.251. The van der Waals surface area contributed by atoms with E-state index >= 15 is 0 Å². The fraction of sp³-hybridized carbons (Fsp3) is 0.333. The molecule has 0 saturated heterocycles. The minimum atomic E-state index is -1.67. The topological polar surface area (TPSA) is 89.9 Å². The lowest BCUT2D eigenvalue weighted by molar-refractivity contribution is 0.0597. The number of ether oxygens (including phenoxy) is 2. The van der Waals surface area contributed by atoms with Gasteiger partial charge >= 0.3 is 11.9 Å². The second-order valence-corrected chi connectivity index (χ2v) is 11.3. The van der Waals surface area contributed by atoms with Crippen molar-refractivity contribution in [3.8, 4) is 0 Å². The summed E-state index contributed by atoms with van der Waals surface area (Å²) in [5, 5.41) is 8.66. The molecule has 0 bridgehead atoms. The van der Waals surface area contributed by atoms with Gasteiger partial charge in [0.2, 0.25) is 9.23 Å². The number of methoxy groups -OCH3 is 2. The van der Waals surface area contributed by atoms with Crippen LogP contribution in [0, 0.1) is 0 Å². The highest BCUT2D eigenvalue weighted by molar-refractivity contribution is 8.26. The number of aliphatic hydroxyl groups excluding tert-OH is 1. The lowest BCUT2D eigenvalue weighted by Gasteiger charge is -1.91. The second kappa shape index (κ2) is 19.8. The molecule has 0 amide bonds. The summed E-state index contributed by atoms with van der Waals surface area (Å²) in [7, 11) is 10.1. The molecule has 0 aliphatic carbocycles. The Balaban J connectivity index is 0. The summed E-state index contributed by atoms with van der Waals surface area (Å²) in [5.41, 5.74) is 0. The van der Waals surface area contributed by atoms with E-state index in [9.17, 15) is 9.59 Å². The molecule has 30 heavy (non-hydrogen) atoms. The maximum atomic E-state index is 10.9. The third kappa shape index (κ3) is 17.8. The average Bonchev–Trinajstić information content (AvgIpc) is 3.35. The van der Waals surface area contributed by atoms with Crippen molar-refractivity contribution in [2.45, 2.75) is 16.8 Å². The molecule has 2 heterocycles. The smallest absolute Gasteiger partial charge is 0.348 e. The van der Waals surface area contributed by atoms with Crippen LogP contribution in [0.25, 0.3) is 0 Å². The van der Waals surface area contributed by atoms with E-state index in [-0.39, 0.29) is 18.5 Å². The molecule has 15 heteroatoms. The summed E-state index contributed by atoms with van der Waals surface area (Å²) in [5.74, 6) is -0.206. The van der Waals surface area contributed by atoms with Gasteiger partial charge in [0.15, 0.2) is 4.30 Å². The van der Waals surface area contributed by atoms with Crippen LogP contribution in [0.1, 0.15) is 29.1 Å². The van der Waals surface area contributed by atoms with Crippen molar-refractivity contribution in [1.82, 2.24) is 0 Å². The fourth-order valence-electron chi connectivity index (χ4n) is 1.33. The van der Waals surface area contributed by atoms with Crippen LogP contribution < -0.4 is 0 Å². The predicted molar refractivity (Wildman–Crippen MR) is 128 cm³/mol. The van der Waals surface area contributed by atoms with Gasteiger partial charge in [-0.1, -0.05) is 34.8 Å². The Bertz CT molecular complexity index is 707. The summed E-state index contributed by atoms with van der Waals surface area (Å²) in [4.78, 5) is 24.6. The van der Waals surface area contributed by atoms with Crippen molar-refractivity contribution in [2.24, 2.45) is 0 Å². The zero-order chi connectivity index (χ0) is 23.7. The van der Waals surface area contributed by atoms with E-state index in [1.165, 1.54) is 36.9 Å². The average molecular weight is 601 g/mol. The van der Waals surface area contributed by atoms with Crippen molar-refractivity contribution in [2.75, 3.05) is 14.2 Å². The van der Waals surface area contributed by atoms with Crippen molar-refractivity contribution in [3.05, 3.63) is 43.8 Å². The molecule has 0 radical (unpaired) electrons. The molecule has 0 aliphatic rings. The van der Waals surface area contributed by atoms with Crippen LogP contribution in [-0.4, -0.2) is 39.8 Å². The summed E-state index contributed by atoms with van der Waals surface area (Å²) < 4.78 is 17.3. The first kappa shape index (κ1) is 32.4. The number of thiophene rings is 2. The molecule has 1 N–H and O–H groups in total. The Morgan fingerprint density at radius 3 is 1.53 bits per heavy atom. The molecular weight excluding hydrogens is 585 g/mol. The highest BCUT2D eigenvalue weighted by Gasteiger charge is 2.08. The number of esters is 2. The number of rotatable bonds is 4. The van der Waals surface area contributed by atoms with Crippen molar-refractivity contribution in [3.63, 3.8) is 0 Å². The van der Waals surface area contributed by atoms with Crippen LogP contribution in [0.2, 0.25) is 0 Å². The monoisotopic (exact) mass is 598 g/mol. The largest absolute Gasteiger partial charge is 0.465 e. The molecule has 6 nitrogen and oxygen atoms in total. The summed E-state index contributed by atoms with van der Waals surface area (Å²) in [6.45, 7) is -0.0261. The van der Waals surface area contributed by atoms with E-state index in [1.54, 1.807) is 18.2 Å². The van der Waals surface area contributed by atoms with E-state index in [4.69, 9.17) is 55.7 Å². The molecule has 0 saturated carbocycles. The minimum absolute atomic E-state index is 0.0261. The van der Waals surface area contributed by atoms with Gasteiger partial charge in [-0.05, 0) is 24.3 Å². The van der Waals surface area contributed by atoms with Crippen LogP contribution in [-0.2, 0) is 31.2 Å². The van der Waals surface area contributed by atoms with Gasteiger partial charge in [0.1, 0.15) is 9.75 Å². The molecular formula is C15H16Cl6O6S3. The van der Waals surface area contributed by atoms with Gasteiger partial charge in [0, 0.05) is 31.1 Å². The first-order valence-electron chi connectivity index (χ1n) is 7.19. The van der Waals surface area contributed by atoms with E-state index in [0.717, 1.165) is 9.75 Å². The van der Waals surface area contributed by atoms with Crippen molar-refractivity contribution in [1.29, 1.82) is 0 Å². The zero-order valence-electron chi connectivity index (χ0n) is 15.3.